The number of aromatic nitrogens is 2. The molecule has 0 saturated carbocycles. The van der Waals surface area contributed by atoms with Gasteiger partial charge in [-0.25, -0.2) is 19.8 Å². The predicted octanol–water partition coefficient (Wildman–Crippen LogP) is 4.76. The largest absolute Gasteiger partial charge is 0.505 e. The molecule has 2 heterocycles. The number of aryl methyl sites for hydroxylation is 1. The first kappa shape index (κ1) is 30.7. The number of nitrogens with zero attached hydrogens (tertiary/aromatic N) is 3. The van der Waals surface area contributed by atoms with E-state index in [0.29, 0.717) is 0 Å². The Balaban J connectivity index is 0.000000649. The lowest BCUT2D eigenvalue weighted by molar-refractivity contribution is -0.137. The lowest BCUT2D eigenvalue weighted by atomic mass is 10.0. The number of rotatable bonds is 6. The minimum atomic E-state index is -4.59. The second-order valence-electron chi connectivity index (χ2n) is 8.19. The van der Waals surface area contributed by atoms with Gasteiger partial charge >= 0.3 is 6.18 Å². The molecular weight excluding hydrogens is 602 g/mol. The number of ether oxygens (including phenoxy) is 1. The summed E-state index contributed by atoms with van der Waals surface area (Å²) >= 11 is 3.25. The van der Waals surface area contributed by atoms with Gasteiger partial charge in [0.05, 0.1) is 53.7 Å². The van der Waals surface area contributed by atoms with E-state index in [4.69, 9.17) is 4.74 Å². The average Bonchev–Trinajstić information content (AvgIpc) is 2.93. The predicted molar refractivity (Wildman–Crippen MR) is 146 cm³/mol. The number of hydrogen-bond acceptors (Lipinski definition) is 9. The first-order valence-corrected chi connectivity index (χ1v) is 12.6. The summed E-state index contributed by atoms with van der Waals surface area (Å²) in [5, 5.41) is 22.8. The summed E-state index contributed by atoms with van der Waals surface area (Å²) in [7, 11) is 1.54. The summed E-state index contributed by atoms with van der Waals surface area (Å²) in [5.74, 6) is -1.79. The molecule has 2 aromatic carbocycles. The Morgan fingerprint density at radius 3 is 2.55 bits per heavy atom. The molecule has 10 nitrogen and oxygen atoms in total. The number of carbonyl (C=O) groups is 1. The van der Waals surface area contributed by atoms with Crippen LogP contribution in [-0.4, -0.2) is 60.5 Å². The van der Waals surface area contributed by atoms with Crippen LogP contribution in [0.5, 0.6) is 5.75 Å². The molecule has 0 spiro atoms. The molecule has 0 bridgehead atoms. The Bertz CT molecular complexity index is 1360. The van der Waals surface area contributed by atoms with Crippen LogP contribution in [0.15, 0.2) is 46.1 Å². The van der Waals surface area contributed by atoms with Gasteiger partial charge in [0.1, 0.15) is 5.75 Å². The highest BCUT2D eigenvalue weighted by molar-refractivity contribution is 9.10. The Hall–Kier alpha value is -3.82. The number of hydrogen-bond donors (Lipinski definition) is 5. The Morgan fingerprint density at radius 1 is 1.25 bits per heavy atom. The second kappa shape index (κ2) is 14.0. The SMILES string of the molecule is C1COCCN1.CNc1cc(Br)c(C(=O)Nc2cccc(C(F)(F)F)c2)c(/C=N\Nc2ncc(F)c(C)n2)c1O. The number of morpholine rings is 1. The molecule has 1 fully saturated rings. The van der Waals surface area contributed by atoms with Crippen molar-refractivity contribution in [2.75, 3.05) is 49.4 Å². The fourth-order valence-corrected chi connectivity index (χ4v) is 3.97. The molecule has 0 unspecified atom stereocenters. The Kier molecular flexibility index (Phi) is 10.8. The van der Waals surface area contributed by atoms with Crippen LogP contribution < -0.4 is 21.4 Å². The number of alkyl halides is 3. The maximum absolute atomic E-state index is 13.3. The number of aromatic hydroxyl groups is 1. The van der Waals surface area contributed by atoms with Crippen molar-refractivity contribution in [3.63, 3.8) is 0 Å². The molecule has 1 amide bonds. The highest BCUT2D eigenvalue weighted by atomic mass is 79.9. The average molecular weight is 628 g/mol. The number of benzene rings is 2. The molecule has 3 aromatic rings. The highest BCUT2D eigenvalue weighted by Crippen LogP contribution is 2.36. The number of carbonyl (C=O) groups excluding carboxylic acids is 1. The van der Waals surface area contributed by atoms with Crippen LogP contribution in [0, 0.1) is 12.7 Å². The smallest absolute Gasteiger partial charge is 0.416 e. The van der Waals surface area contributed by atoms with Gasteiger partial charge in [-0.05, 0) is 47.1 Å². The van der Waals surface area contributed by atoms with Gasteiger partial charge in [0.25, 0.3) is 5.91 Å². The van der Waals surface area contributed by atoms with E-state index in [0.717, 1.165) is 56.9 Å². The summed E-state index contributed by atoms with van der Waals surface area (Å²) in [6.07, 6.45) is -2.54. The van der Waals surface area contributed by atoms with Crippen molar-refractivity contribution in [1.29, 1.82) is 0 Å². The normalized spacial score (nSPS) is 13.4. The number of halogens is 5. The van der Waals surface area contributed by atoms with Crippen LogP contribution in [0.3, 0.4) is 0 Å². The van der Waals surface area contributed by atoms with Crippen molar-refractivity contribution in [2.45, 2.75) is 13.1 Å². The Morgan fingerprint density at radius 2 is 1.98 bits per heavy atom. The Labute approximate surface area is 235 Å². The van der Waals surface area contributed by atoms with Crippen LogP contribution in [0.25, 0.3) is 0 Å². The first-order chi connectivity index (χ1) is 19.0. The van der Waals surface area contributed by atoms with Gasteiger partial charge in [0, 0.05) is 30.3 Å². The molecule has 1 aliphatic heterocycles. The van der Waals surface area contributed by atoms with E-state index in [1.807, 2.05) is 0 Å². The molecule has 4 rings (SSSR count). The van der Waals surface area contributed by atoms with E-state index in [1.54, 1.807) is 0 Å². The molecule has 0 radical (unpaired) electrons. The van der Waals surface area contributed by atoms with Crippen molar-refractivity contribution >= 4 is 45.4 Å². The number of anilines is 3. The lowest BCUT2D eigenvalue weighted by Gasteiger charge is -2.15. The monoisotopic (exact) mass is 627 g/mol. The van der Waals surface area contributed by atoms with Crippen molar-refractivity contribution in [3.05, 3.63) is 69.2 Å². The van der Waals surface area contributed by atoms with Crippen LogP contribution >= 0.6 is 15.9 Å². The molecule has 40 heavy (non-hydrogen) atoms. The minimum absolute atomic E-state index is 0.0338. The van der Waals surface area contributed by atoms with Crippen LogP contribution in [0.2, 0.25) is 0 Å². The molecule has 1 saturated heterocycles. The number of phenols is 1. The van der Waals surface area contributed by atoms with E-state index in [9.17, 15) is 27.5 Å². The van der Waals surface area contributed by atoms with Crippen molar-refractivity contribution < 1.29 is 32.2 Å². The molecule has 0 aliphatic carbocycles. The van der Waals surface area contributed by atoms with Crippen molar-refractivity contribution in [3.8, 4) is 5.75 Å². The van der Waals surface area contributed by atoms with E-state index >= 15 is 0 Å². The zero-order chi connectivity index (χ0) is 29.3. The van der Waals surface area contributed by atoms with E-state index in [1.165, 1.54) is 26.1 Å². The van der Waals surface area contributed by atoms with E-state index in [2.05, 4.69) is 52.4 Å². The summed E-state index contributed by atoms with van der Waals surface area (Å²) in [6.45, 7) is 5.27. The van der Waals surface area contributed by atoms with Crippen molar-refractivity contribution in [1.82, 2.24) is 15.3 Å². The fourth-order valence-electron chi connectivity index (χ4n) is 3.35. The zero-order valence-electron chi connectivity index (χ0n) is 21.4. The second-order valence-corrected chi connectivity index (χ2v) is 9.04. The zero-order valence-corrected chi connectivity index (χ0v) is 23.0. The van der Waals surface area contributed by atoms with Crippen LogP contribution in [0.1, 0.15) is 27.2 Å². The third-order valence-electron chi connectivity index (χ3n) is 5.36. The standard InChI is InChI=1S/C21H17BrF4N6O2.C4H9NO/c1-10-15(23)9-28-20(30-10)32-29-8-13-17(14(22)7-16(27-2)18(13)33)19(34)31-12-5-3-4-11(6-12)21(24,25)26;1-3-6-4-2-5-1/h3-9,27,33H,1-2H3,(H,31,34)(H,28,30,32);5H,1-4H2/b29-8-;. The van der Waals surface area contributed by atoms with Gasteiger partial charge in [-0.3, -0.25) is 4.79 Å². The van der Waals surface area contributed by atoms with Gasteiger partial charge < -0.3 is 25.8 Å². The summed E-state index contributed by atoms with van der Waals surface area (Å²) < 4.78 is 57.6. The summed E-state index contributed by atoms with van der Waals surface area (Å²) in [5.41, 5.74) is 1.60. The number of nitrogens with one attached hydrogen (secondary N) is 4. The van der Waals surface area contributed by atoms with Crippen molar-refractivity contribution in [2.24, 2.45) is 5.10 Å². The summed E-state index contributed by atoms with van der Waals surface area (Å²) in [6, 6.07) is 5.55. The quantitative estimate of drug-likeness (QED) is 0.114. The van der Waals surface area contributed by atoms with E-state index in [-0.39, 0.29) is 44.4 Å². The van der Waals surface area contributed by atoms with Crippen LogP contribution in [0.4, 0.5) is 34.9 Å². The molecule has 0 atom stereocenters. The molecule has 15 heteroatoms. The van der Waals surface area contributed by atoms with Gasteiger partial charge in [-0.1, -0.05) is 6.07 Å². The number of phenolic OH excluding ortho intramolecular Hbond substituents is 1. The minimum Gasteiger partial charge on any atom is -0.505 e. The maximum atomic E-state index is 13.3. The molecule has 1 aliphatic rings. The summed E-state index contributed by atoms with van der Waals surface area (Å²) in [4.78, 5) is 20.6. The maximum Gasteiger partial charge on any atom is 0.416 e. The third-order valence-corrected chi connectivity index (χ3v) is 5.98. The van der Waals surface area contributed by atoms with Crippen LogP contribution in [-0.2, 0) is 10.9 Å². The highest BCUT2D eigenvalue weighted by Gasteiger charge is 2.30. The van der Waals surface area contributed by atoms with Gasteiger partial charge in [0.15, 0.2) is 5.82 Å². The lowest BCUT2D eigenvalue weighted by Crippen LogP contribution is -2.30. The molecule has 5 N–H and O–H groups in total. The first-order valence-electron chi connectivity index (χ1n) is 11.8. The fraction of sp³-hybridized carbons (Fsp3) is 0.280. The molecule has 214 valence electrons. The third kappa shape index (κ3) is 8.34. The molecular formula is C25H26BrF4N7O3. The topological polar surface area (TPSA) is 133 Å². The number of hydrazone groups is 1. The van der Waals surface area contributed by atoms with Gasteiger partial charge in [-0.2, -0.15) is 18.3 Å². The molecule has 1 aromatic heterocycles. The number of amides is 1. The van der Waals surface area contributed by atoms with E-state index < -0.39 is 23.5 Å². The van der Waals surface area contributed by atoms with Gasteiger partial charge in [0.2, 0.25) is 5.95 Å². The van der Waals surface area contributed by atoms with Gasteiger partial charge in [-0.15, -0.1) is 0 Å².